The van der Waals surface area contributed by atoms with Crippen LogP contribution in [0.3, 0.4) is 0 Å². The Morgan fingerprint density at radius 1 is 1.04 bits per heavy atom. The van der Waals surface area contributed by atoms with E-state index in [1.807, 2.05) is 0 Å². The average molecular weight is 345 g/mol. The van der Waals surface area contributed by atoms with E-state index in [0.29, 0.717) is 11.6 Å². The summed E-state index contributed by atoms with van der Waals surface area (Å²) in [7, 11) is 0. The van der Waals surface area contributed by atoms with Crippen molar-refractivity contribution >= 4 is 22.6 Å². The highest BCUT2D eigenvalue weighted by Gasteiger charge is 2.38. The second kappa shape index (κ2) is 6.34. The Hall–Kier alpha value is -2.46. The van der Waals surface area contributed by atoms with Crippen molar-refractivity contribution in [2.24, 2.45) is 0 Å². The van der Waals surface area contributed by atoms with Crippen LogP contribution in [0, 0.1) is 10.1 Å². The van der Waals surface area contributed by atoms with Crippen molar-refractivity contribution in [1.29, 1.82) is 0 Å². The topological polar surface area (TPSA) is 95.3 Å². The van der Waals surface area contributed by atoms with Crippen molar-refractivity contribution in [3.8, 4) is 11.1 Å². The lowest BCUT2D eigenvalue weighted by atomic mass is 10.0. The molecule has 2 rings (SSSR count). The van der Waals surface area contributed by atoms with Crippen LogP contribution >= 0.6 is 0 Å². The summed E-state index contributed by atoms with van der Waals surface area (Å²) in [6.07, 6.45) is -4.83. The fraction of sp³-hybridized carbons (Fsp3) is 0.0769. The number of benzene rings is 2. The highest BCUT2D eigenvalue weighted by molar-refractivity contribution is 7.80. The Bertz CT molecular complexity index is 763. The Balaban J connectivity index is 2.42. The molecule has 1 N–H and O–H groups in total. The van der Waals surface area contributed by atoms with Gasteiger partial charge in [0.1, 0.15) is 5.56 Å². The van der Waals surface area contributed by atoms with E-state index in [0.717, 1.165) is 12.1 Å². The van der Waals surface area contributed by atoms with Gasteiger partial charge in [-0.15, -0.1) is 0 Å². The standard InChI is InChI=1S/C13H9F3N2O4S/c14-13(15,16)11-6-3-9(7-12(11)18(19)20)8-1-4-10(5-2-8)17-23(21)22/h1-7,17H,(H,21,22)/p-1. The van der Waals surface area contributed by atoms with Gasteiger partial charge < -0.3 is 9.27 Å². The van der Waals surface area contributed by atoms with Crippen LogP contribution in [0.5, 0.6) is 0 Å². The molecule has 0 fully saturated rings. The maximum absolute atomic E-state index is 12.7. The third kappa shape index (κ3) is 4.05. The van der Waals surface area contributed by atoms with Crippen molar-refractivity contribution in [3.05, 3.63) is 58.1 Å². The van der Waals surface area contributed by atoms with Crippen molar-refractivity contribution in [2.45, 2.75) is 6.18 Å². The van der Waals surface area contributed by atoms with Gasteiger partial charge in [-0.3, -0.25) is 14.3 Å². The van der Waals surface area contributed by atoms with E-state index < -0.39 is 33.6 Å². The zero-order valence-corrected chi connectivity index (χ0v) is 12.0. The molecular formula is C13H8F3N2O4S-. The number of rotatable bonds is 4. The summed E-state index contributed by atoms with van der Waals surface area (Å²) in [6.45, 7) is 0. The number of hydrogen-bond acceptors (Lipinski definition) is 4. The van der Waals surface area contributed by atoms with Crippen LogP contribution in [-0.4, -0.2) is 13.7 Å². The Morgan fingerprint density at radius 3 is 2.09 bits per heavy atom. The van der Waals surface area contributed by atoms with Crippen LogP contribution < -0.4 is 4.72 Å². The maximum atomic E-state index is 12.7. The Morgan fingerprint density at radius 2 is 1.61 bits per heavy atom. The molecule has 23 heavy (non-hydrogen) atoms. The van der Waals surface area contributed by atoms with Crippen LogP contribution in [0.15, 0.2) is 42.5 Å². The van der Waals surface area contributed by atoms with Crippen LogP contribution in [-0.2, 0) is 17.4 Å². The lowest BCUT2D eigenvalue weighted by Gasteiger charge is -2.11. The van der Waals surface area contributed by atoms with Crippen molar-refractivity contribution < 1.29 is 26.9 Å². The Kier molecular flexibility index (Phi) is 4.66. The molecule has 1 atom stereocenters. The summed E-state index contributed by atoms with van der Waals surface area (Å²) in [6, 6.07) is 8.22. The third-order valence-corrected chi connectivity index (χ3v) is 3.32. The zero-order valence-electron chi connectivity index (χ0n) is 11.2. The number of nitrogens with one attached hydrogen (secondary N) is 1. The number of anilines is 1. The molecule has 0 aliphatic rings. The minimum Gasteiger partial charge on any atom is -0.755 e. The van der Waals surface area contributed by atoms with Crippen LogP contribution in [0.2, 0.25) is 0 Å². The van der Waals surface area contributed by atoms with Crippen molar-refractivity contribution in [2.75, 3.05) is 4.72 Å². The molecule has 1 unspecified atom stereocenters. The SMILES string of the molecule is O=[N+]([O-])c1cc(-c2ccc(NS(=O)[O-])cc2)ccc1C(F)(F)F. The van der Waals surface area contributed by atoms with E-state index in [9.17, 15) is 32.0 Å². The van der Waals surface area contributed by atoms with Crippen LogP contribution in [0.4, 0.5) is 24.5 Å². The summed E-state index contributed by atoms with van der Waals surface area (Å²) < 4.78 is 61.3. The average Bonchev–Trinajstić information content (AvgIpc) is 2.46. The highest BCUT2D eigenvalue weighted by atomic mass is 32.2. The number of alkyl halides is 3. The van der Waals surface area contributed by atoms with Crippen molar-refractivity contribution in [1.82, 2.24) is 0 Å². The first kappa shape index (κ1) is 16.9. The molecule has 0 spiro atoms. The largest absolute Gasteiger partial charge is 0.755 e. The first-order valence-electron chi connectivity index (χ1n) is 6.00. The number of hydrogen-bond donors (Lipinski definition) is 1. The molecule has 0 bridgehead atoms. The molecule has 10 heteroatoms. The number of nitro groups is 1. The van der Waals surface area contributed by atoms with Gasteiger partial charge in [-0.25, -0.2) is 0 Å². The van der Waals surface area contributed by atoms with E-state index in [1.165, 1.54) is 24.3 Å². The first-order valence-corrected chi connectivity index (χ1v) is 7.08. The molecule has 0 aliphatic heterocycles. The van der Waals surface area contributed by atoms with Gasteiger partial charge in [0.05, 0.1) is 4.92 Å². The number of nitro benzene ring substituents is 1. The smallest absolute Gasteiger partial charge is 0.422 e. The number of nitrogens with zero attached hydrogens (tertiary/aromatic N) is 1. The first-order chi connectivity index (χ1) is 10.7. The molecule has 2 aromatic rings. The van der Waals surface area contributed by atoms with E-state index in [-0.39, 0.29) is 11.3 Å². The summed E-state index contributed by atoms with van der Waals surface area (Å²) in [5, 5.41) is 10.9. The van der Waals surface area contributed by atoms with Crippen LogP contribution in [0.25, 0.3) is 11.1 Å². The quantitative estimate of drug-likeness (QED) is 0.521. The molecule has 0 amide bonds. The van der Waals surface area contributed by atoms with Crippen LogP contribution in [0.1, 0.15) is 5.56 Å². The van der Waals surface area contributed by atoms with E-state index in [2.05, 4.69) is 4.72 Å². The minimum absolute atomic E-state index is 0.208. The lowest BCUT2D eigenvalue weighted by molar-refractivity contribution is -0.388. The minimum atomic E-state index is -4.83. The van der Waals surface area contributed by atoms with Gasteiger partial charge in [-0.1, -0.05) is 18.2 Å². The molecule has 0 saturated carbocycles. The molecule has 0 saturated heterocycles. The molecule has 0 radical (unpaired) electrons. The molecule has 0 aromatic heterocycles. The Labute approximate surface area is 130 Å². The van der Waals surface area contributed by atoms with E-state index in [1.54, 1.807) is 0 Å². The summed E-state index contributed by atoms with van der Waals surface area (Å²) in [4.78, 5) is 9.76. The van der Waals surface area contributed by atoms with Gasteiger partial charge >= 0.3 is 6.18 Å². The molecule has 2 aromatic carbocycles. The normalized spacial score (nSPS) is 12.7. The highest BCUT2D eigenvalue weighted by Crippen LogP contribution is 2.38. The monoisotopic (exact) mass is 345 g/mol. The van der Waals surface area contributed by atoms with Gasteiger partial charge in [-0.2, -0.15) is 13.2 Å². The predicted octanol–water partition coefficient (Wildman–Crippen LogP) is 3.49. The molecule has 0 aliphatic carbocycles. The van der Waals surface area contributed by atoms with Crippen molar-refractivity contribution in [3.63, 3.8) is 0 Å². The molecule has 6 nitrogen and oxygen atoms in total. The fourth-order valence-electron chi connectivity index (χ4n) is 1.93. The zero-order chi connectivity index (χ0) is 17.2. The van der Waals surface area contributed by atoms with E-state index >= 15 is 0 Å². The molecular weight excluding hydrogens is 337 g/mol. The van der Waals surface area contributed by atoms with Gasteiger partial charge in [0, 0.05) is 23.0 Å². The van der Waals surface area contributed by atoms with Gasteiger partial charge in [0.25, 0.3) is 5.69 Å². The molecule has 0 heterocycles. The van der Waals surface area contributed by atoms with Gasteiger partial charge in [0.2, 0.25) is 0 Å². The predicted molar refractivity (Wildman–Crippen MR) is 76.1 cm³/mol. The van der Waals surface area contributed by atoms with E-state index in [4.69, 9.17) is 0 Å². The summed E-state index contributed by atoms with van der Waals surface area (Å²) >= 11 is -2.50. The second-order valence-electron chi connectivity index (χ2n) is 4.40. The summed E-state index contributed by atoms with van der Waals surface area (Å²) in [5.74, 6) is 0. The molecule has 122 valence electrons. The number of halogens is 3. The summed E-state index contributed by atoms with van der Waals surface area (Å²) in [5.41, 5.74) is -1.50. The maximum Gasteiger partial charge on any atom is 0.422 e. The second-order valence-corrected chi connectivity index (χ2v) is 5.07. The van der Waals surface area contributed by atoms with Gasteiger partial charge in [0.15, 0.2) is 0 Å². The fourth-order valence-corrected chi connectivity index (χ4v) is 2.26. The lowest BCUT2D eigenvalue weighted by Crippen LogP contribution is -2.08. The third-order valence-electron chi connectivity index (χ3n) is 2.92. The van der Waals surface area contributed by atoms with Gasteiger partial charge in [-0.05, 0) is 29.3 Å².